The Bertz CT molecular complexity index is 509. The van der Waals surface area contributed by atoms with Crippen molar-refractivity contribution in [3.8, 4) is 5.75 Å². The molecule has 0 N–H and O–H groups in total. The van der Waals surface area contributed by atoms with Crippen LogP contribution in [0.25, 0.3) is 0 Å². The molecule has 2 fully saturated rings. The summed E-state index contributed by atoms with van der Waals surface area (Å²) in [5.41, 5.74) is 0.356. The lowest BCUT2D eigenvalue weighted by Crippen LogP contribution is -2.33. The first-order valence-corrected chi connectivity index (χ1v) is 7.28. The summed E-state index contributed by atoms with van der Waals surface area (Å²) in [5.74, 6) is 0.777. The Kier molecular flexibility index (Phi) is 3.74. The van der Waals surface area contributed by atoms with Gasteiger partial charge in [-0.1, -0.05) is 0 Å². The summed E-state index contributed by atoms with van der Waals surface area (Å²) in [6.45, 7) is 1.38. The van der Waals surface area contributed by atoms with Gasteiger partial charge in [0.2, 0.25) is 0 Å². The lowest BCUT2D eigenvalue weighted by molar-refractivity contribution is 0.0917. The van der Waals surface area contributed by atoms with Crippen LogP contribution in [-0.4, -0.2) is 36.9 Å². The summed E-state index contributed by atoms with van der Waals surface area (Å²) in [5, 5.41) is 0. The van der Waals surface area contributed by atoms with E-state index in [4.69, 9.17) is 4.74 Å². The quantitative estimate of drug-likeness (QED) is 0.718. The number of carbonyl (C=O) groups excluding carboxylic acids is 1. The summed E-state index contributed by atoms with van der Waals surface area (Å²) >= 11 is 0. The monoisotopic (exact) mass is 277 g/mol. The van der Waals surface area contributed by atoms with Crippen molar-refractivity contribution in [3.63, 3.8) is 0 Å². The standard InChI is InChI=1S/C16H20FNO2/c1-20-16-7-4-12(17)8-14(16)15(19)10-18(13-5-6-13)9-11-2-3-11/h4,7-8,11,13H,2-3,5-6,9-10H2,1H3. The van der Waals surface area contributed by atoms with Crippen LogP contribution in [-0.2, 0) is 0 Å². The highest BCUT2D eigenvalue weighted by Gasteiger charge is 2.35. The van der Waals surface area contributed by atoms with Gasteiger partial charge >= 0.3 is 0 Å². The Labute approximate surface area is 118 Å². The second-order valence-corrected chi connectivity index (χ2v) is 5.87. The van der Waals surface area contributed by atoms with E-state index in [1.807, 2.05) is 0 Å². The summed E-state index contributed by atoms with van der Waals surface area (Å²) in [4.78, 5) is 14.7. The Morgan fingerprint density at radius 1 is 1.35 bits per heavy atom. The molecule has 2 aliphatic rings. The van der Waals surface area contributed by atoms with Crippen molar-refractivity contribution < 1.29 is 13.9 Å². The number of methoxy groups -OCH3 is 1. The average Bonchev–Trinajstić information content (AvgIpc) is 3.30. The van der Waals surface area contributed by atoms with Gasteiger partial charge in [-0.15, -0.1) is 0 Å². The number of benzene rings is 1. The molecule has 108 valence electrons. The van der Waals surface area contributed by atoms with E-state index in [-0.39, 0.29) is 5.78 Å². The average molecular weight is 277 g/mol. The number of hydrogen-bond donors (Lipinski definition) is 0. The van der Waals surface area contributed by atoms with Crippen molar-refractivity contribution >= 4 is 5.78 Å². The fraction of sp³-hybridized carbons (Fsp3) is 0.562. The van der Waals surface area contributed by atoms with Crippen molar-refractivity contribution in [3.05, 3.63) is 29.6 Å². The third kappa shape index (κ3) is 3.18. The molecular formula is C16H20FNO2. The topological polar surface area (TPSA) is 29.5 Å². The number of nitrogens with zero attached hydrogens (tertiary/aromatic N) is 1. The zero-order valence-electron chi connectivity index (χ0n) is 11.8. The molecule has 1 aromatic carbocycles. The first-order valence-electron chi connectivity index (χ1n) is 7.28. The number of ether oxygens (including phenoxy) is 1. The molecule has 0 aromatic heterocycles. The number of Topliss-reactive ketones (excluding diaryl/α,β-unsaturated/α-hetero) is 1. The number of carbonyl (C=O) groups is 1. The van der Waals surface area contributed by atoms with Crippen molar-refractivity contribution in [2.75, 3.05) is 20.2 Å². The van der Waals surface area contributed by atoms with E-state index in [1.54, 1.807) is 0 Å². The maximum Gasteiger partial charge on any atom is 0.180 e. The molecule has 0 atom stereocenters. The van der Waals surface area contributed by atoms with E-state index in [0.717, 1.165) is 12.5 Å². The Hall–Kier alpha value is -1.42. The molecule has 0 heterocycles. The van der Waals surface area contributed by atoms with Crippen molar-refractivity contribution in [2.45, 2.75) is 31.7 Å². The van der Waals surface area contributed by atoms with Gasteiger partial charge in [0.05, 0.1) is 19.2 Å². The van der Waals surface area contributed by atoms with E-state index in [1.165, 1.54) is 51.0 Å². The second kappa shape index (κ2) is 5.52. The number of ketones is 1. The zero-order chi connectivity index (χ0) is 14.1. The maximum absolute atomic E-state index is 13.4. The van der Waals surface area contributed by atoms with Crippen LogP contribution in [0.2, 0.25) is 0 Å². The first kappa shape index (κ1) is 13.6. The molecule has 2 aliphatic carbocycles. The van der Waals surface area contributed by atoms with E-state index in [2.05, 4.69) is 4.90 Å². The third-order valence-corrected chi connectivity index (χ3v) is 4.06. The lowest BCUT2D eigenvalue weighted by atomic mass is 10.1. The number of hydrogen-bond acceptors (Lipinski definition) is 3. The largest absolute Gasteiger partial charge is 0.496 e. The Balaban J connectivity index is 1.72. The minimum absolute atomic E-state index is 0.0473. The minimum atomic E-state index is -0.394. The van der Waals surface area contributed by atoms with Crippen LogP contribution in [0, 0.1) is 11.7 Å². The van der Waals surface area contributed by atoms with E-state index >= 15 is 0 Å². The third-order valence-electron chi connectivity index (χ3n) is 4.06. The van der Waals surface area contributed by atoms with Gasteiger partial charge in [-0.2, -0.15) is 0 Å². The fourth-order valence-corrected chi connectivity index (χ4v) is 2.58. The highest BCUT2D eigenvalue weighted by atomic mass is 19.1. The van der Waals surface area contributed by atoms with Crippen LogP contribution in [0.15, 0.2) is 18.2 Å². The van der Waals surface area contributed by atoms with Crippen LogP contribution in [0.5, 0.6) is 5.75 Å². The molecular weight excluding hydrogens is 257 g/mol. The SMILES string of the molecule is COc1ccc(F)cc1C(=O)CN(CC1CC1)C1CC1. The highest BCUT2D eigenvalue weighted by molar-refractivity contribution is 6.00. The van der Waals surface area contributed by atoms with Gasteiger partial charge in [0, 0.05) is 12.6 Å². The molecule has 3 rings (SSSR count). The smallest absolute Gasteiger partial charge is 0.180 e. The van der Waals surface area contributed by atoms with Gasteiger partial charge < -0.3 is 4.74 Å². The molecule has 3 nitrogen and oxygen atoms in total. The summed E-state index contributed by atoms with van der Waals surface area (Å²) in [6.07, 6.45) is 4.92. The van der Waals surface area contributed by atoms with Crippen molar-refractivity contribution in [2.24, 2.45) is 5.92 Å². The molecule has 0 spiro atoms. The molecule has 0 bridgehead atoms. The van der Waals surface area contributed by atoms with Gasteiger partial charge in [-0.25, -0.2) is 4.39 Å². The van der Waals surface area contributed by atoms with Crippen molar-refractivity contribution in [1.29, 1.82) is 0 Å². The molecule has 4 heteroatoms. The Morgan fingerprint density at radius 3 is 2.70 bits per heavy atom. The first-order chi connectivity index (χ1) is 9.67. The van der Waals surface area contributed by atoms with E-state index in [9.17, 15) is 9.18 Å². The van der Waals surface area contributed by atoms with Gasteiger partial charge in [0.15, 0.2) is 5.78 Å². The minimum Gasteiger partial charge on any atom is -0.496 e. The van der Waals surface area contributed by atoms with Gasteiger partial charge in [0.25, 0.3) is 0 Å². The predicted molar refractivity (Wildman–Crippen MR) is 74.6 cm³/mol. The fourth-order valence-electron chi connectivity index (χ4n) is 2.58. The number of halogens is 1. The molecule has 0 amide bonds. The number of rotatable bonds is 7. The van der Waals surface area contributed by atoms with Crippen LogP contribution in [0.3, 0.4) is 0 Å². The predicted octanol–water partition coefficient (Wildman–Crippen LogP) is 2.89. The molecule has 0 saturated heterocycles. The van der Waals surface area contributed by atoms with Crippen LogP contribution in [0.1, 0.15) is 36.0 Å². The summed E-state index contributed by atoms with van der Waals surface area (Å²) in [6, 6.07) is 4.67. The molecule has 2 saturated carbocycles. The normalized spacial score (nSPS) is 18.4. The molecule has 0 unspecified atom stereocenters. The van der Waals surface area contributed by atoms with Gasteiger partial charge in [0.1, 0.15) is 11.6 Å². The van der Waals surface area contributed by atoms with Gasteiger partial charge in [-0.05, 0) is 49.8 Å². The molecule has 20 heavy (non-hydrogen) atoms. The van der Waals surface area contributed by atoms with E-state index in [0.29, 0.717) is 23.9 Å². The zero-order valence-corrected chi connectivity index (χ0v) is 11.8. The van der Waals surface area contributed by atoms with Crippen LogP contribution in [0.4, 0.5) is 4.39 Å². The summed E-state index contributed by atoms with van der Waals surface area (Å²) in [7, 11) is 1.51. The maximum atomic E-state index is 13.4. The molecule has 1 aromatic rings. The van der Waals surface area contributed by atoms with Crippen molar-refractivity contribution in [1.82, 2.24) is 4.90 Å². The van der Waals surface area contributed by atoms with Crippen LogP contribution >= 0.6 is 0 Å². The Morgan fingerprint density at radius 2 is 2.10 bits per heavy atom. The lowest BCUT2D eigenvalue weighted by Gasteiger charge is -2.21. The van der Waals surface area contributed by atoms with E-state index < -0.39 is 5.82 Å². The van der Waals surface area contributed by atoms with Gasteiger partial charge in [-0.3, -0.25) is 9.69 Å². The molecule has 0 radical (unpaired) electrons. The highest BCUT2D eigenvalue weighted by Crippen LogP contribution is 2.35. The second-order valence-electron chi connectivity index (χ2n) is 5.87. The summed E-state index contributed by atoms with van der Waals surface area (Å²) < 4.78 is 18.5. The molecule has 0 aliphatic heterocycles. The van der Waals surface area contributed by atoms with Crippen LogP contribution < -0.4 is 4.74 Å².